The molecule has 9 nitrogen and oxygen atoms in total. The zero-order chi connectivity index (χ0) is 22.7. The van der Waals surface area contributed by atoms with Crippen molar-refractivity contribution in [1.82, 2.24) is 9.62 Å². The molecule has 1 aromatic rings. The second kappa shape index (κ2) is 9.58. The van der Waals surface area contributed by atoms with Crippen LogP contribution in [0.4, 0.5) is 11.4 Å². The first kappa shape index (κ1) is 22.7. The van der Waals surface area contributed by atoms with Crippen LogP contribution in [0.2, 0.25) is 0 Å². The van der Waals surface area contributed by atoms with Crippen LogP contribution >= 0.6 is 0 Å². The minimum absolute atomic E-state index is 0.0634. The van der Waals surface area contributed by atoms with Crippen LogP contribution in [-0.2, 0) is 24.4 Å². The second-order valence-corrected chi connectivity index (χ2v) is 11.0. The van der Waals surface area contributed by atoms with E-state index in [0.29, 0.717) is 56.8 Å². The Kier molecular flexibility index (Phi) is 6.80. The molecule has 0 unspecified atom stereocenters. The average molecular weight is 463 g/mol. The Bertz CT molecular complexity index is 984. The quantitative estimate of drug-likeness (QED) is 0.621. The molecule has 2 N–H and O–H groups in total. The van der Waals surface area contributed by atoms with Gasteiger partial charge in [-0.05, 0) is 62.6 Å². The third kappa shape index (κ3) is 5.29. The van der Waals surface area contributed by atoms with Crippen LogP contribution in [0.5, 0.6) is 0 Å². The number of amides is 3. The normalized spacial score (nSPS) is 20.8. The van der Waals surface area contributed by atoms with Gasteiger partial charge in [0.15, 0.2) is 0 Å². The third-order valence-corrected chi connectivity index (χ3v) is 8.77. The van der Waals surface area contributed by atoms with E-state index in [0.717, 1.165) is 25.7 Å². The number of benzene rings is 1. The maximum atomic E-state index is 12.3. The number of hydrogen-bond donors (Lipinski definition) is 2. The summed E-state index contributed by atoms with van der Waals surface area (Å²) in [7, 11) is -3.15. The van der Waals surface area contributed by atoms with Crippen molar-refractivity contribution in [3.63, 3.8) is 0 Å². The van der Waals surface area contributed by atoms with Gasteiger partial charge in [0.2, 0.25) is 15.9 Å². The molecular formula is C22H30N4O5S. The van der Waals surface area contributed by atoms with Gasteiger partial charge in [0.25, 0.3) is 0 Å². The predicted molar refractivity (Wildman–Crippen MR) is 121 cm³/mol. The van der Waals surface area contributed by atoms with Crippen LogP contribution in [0, 0.1) is 5.92 Å². The summed E-state index contributed by atoms with van der Waals surface area (Å²) in [6.45, 7) is 1.92. The summed E-state index contributed by atoms with van der Waals surface area (Å²) in [5, 5.41) is 5.06. The highest BCUT2D eigenvalue weighted by Crippen LogP contribution is 2.33. The standard InChI is InChI=1S/C22H30N4O5S/c27-20-6-1-2-11-26(20)18-5-3-4-17(14-18)24-22(29)21(28)23-15-16-9-12-25(13-10-16)32(30,31)19-7-8-19/h3-5,14,16,19H,1-2,6-13,15H2,(H,23,28)(H,24,29). The minimum atomic E-state index is -3.15. The molecule has 174 valence electrons. The molecule has 1 saturated carbocycles. The molecule has 3 aliphatic rings. The fraction of sp³-hybridized carbons (Fsp3) is 0.591. The molecule has 0 radical (unpaired) electrons. The van der Waals surface area contributed by atoms with Crippen LogP contribution < -0.4 is 15.5 Å². The van der Waals surface area contributed by atoms with E-state index in [-0.39, 0.29) is 17.1 Å². The molecule has 1 aliphatic carbocycles. The van der Waals surface area contributed by atoms with Gasteiger partial charge in [-0.15, -0.1) is 0 Å². The summed E-state index contributed by atoms with van der Waals surface area (Å²) < 4.78 is 26.2. The summed E-state index contributed by atoms with van der Waals surface area (Å²) in [6, 6.07) is 6.94. The van der Waals surface area contributed by atoms with Crippen molar-refractivity contribution >= 4 is 39.1 Å². The number of nitrogens with one attached hydrogen (secondary N) is 2. The van der Waals surface area contributed by atoms with Gasteiger partial charge in [-0.25, -0.2) is 12.7 Å². The maximum absolute atomic E-state index is 12.3. The van der Waals surface area contributed by atoms with Gasteiger partial charge in [0.05, 0.1) is 5.25 Å². The summed E-state index contributed by atoms with van der Waals surface area (Å²) in [5.41, 5.74) is 1.17. The van der Waals surface area contributed by atoms with Gasteiger partial charge in [-0.1, -0.05) is 6.07 Å². The number of carbonyl (C=O) groups excluding carboxylic acids is 3. The summed E-state index contributed by atoms with van der Waals surface area (Å²) in [6.07, 6.45) is 5.19. The van der Waals surface area contributed by atoms with Crippen molar-refractivity contribution in [3.8, 4) is 0 Å². The Labute approximate surface area is 188 Å². The van der Waals surface area contributed by atoms with E-state index in [9.17, 15) is 22.8 Å². The predicted octanol–water partition coefficient (Wildman–Crippen LogP) is 1.46. The lowest BCUT2D eigenvalue weighted by atomic mass is 9.98. The Hall–Kier alpha value is -2.46. The number of piperidine rings is 2. The van der Waals surface area contributed by atoms with Crippen LogP contribution in [0.25, 0.3) is 0 Å². The van der Waals surface area contributed by atoms with Gasteiger partial charge in [0.1, 0.15) is 0 Å². The third-order valence-electron chi connectivity index (χ3n) is 6.38. The van der Waals surface area contributed by atoms with E-state index < -0.39 is 21.8 Å². The summed E-state index contributed by atoms with van der Waals surface area (Å²) in [4.78, 5) is 38.4. The average Bonchev–Trinajstić information content (AvgIpc) is 3.64. The first-order chi connectivity index (χ1) is 15.3. The maximum Gasteiger partial charge on any atom is 0.313 e. The zero-order valence-corrected chi connectivity index (χ0v) is 18.9. The van der Waals surface area contributed by atoms with Crippen molar-refractivity contribution in [3.05, 3.63) is 24.3 Å². The second-order valence-electron chi connectivity index (χ2n) is 8.80. The molecule has 4 rings (SSSR count). The fourth-order valence-electron chi connectivity index (χ4n) is 4.28. The number of sulfonamides is 1. The van der Waals surface area contributed by atoms with Crippen molar-refractivity contribution < 1.29 is 22.8 Å². The lowest BCUT2D eigenvalue weighted by Crippen LogP contribution is -2.44. The van der Waals surface area contributed by atoms with Crippen LogP contribution in [-0.4, -0.2) is 61.9 Å². The molecule has 10 heteroatoms. The van der Waals surface area contributed by atoms with Crippen molar-refractivity contribution in [2.45, 2.75) is 50.2 Å². The SMILES string of the molecule is O=C(NCC1CCN(S(=O)(=O)C2CC2)CC1)C(=O)Nc1cccc(N2CCCCC2=O)c1. The lowest BCUT2D eigenvalue weighted by molar-refractivity contribution is -0.136. The highest BCUT2D eigenvalue weighted by molar-refractivity contribution is 7.90. The van der Waals surface area contributed by atoms with Crippen molar-refractivity contribution in [1.29, 1.82) is 0 Å². The zero-order valence-electron chi connectivity index (χ0n) is 18.1. The first-order valence-corrected chi connectivity index (χ1v) is 12.8. The number of hydrogen-bond acceptors (Lipinski definition) is 5. The molecule has 3 amide bonds. The van der Waals surface area contributed by atoms with Gasteiger partial charge >= 0.3 is 11.8 Å². The fourth-order valence-corrected chi connectivity index (χ4v) is 6.15. The van der Waals surface area contributed by atoms with Crippen LogP contribution in [0.3, 0.4) is 0 Å². The van der Waals surface area contributed by atoms with E-state index >= 15 is 0 Å². The molecule has 2 aliphatic heterocycles. The van der Waals surface area contributed by atoms with Crippen molar-refractivity contribution in [2.24, 2.45) is 5.92 Å². The largest absolute Gasteiger partial charge is 0.348 e. The highest BCUT2D eigenvalue weighted by Gasteiger charge is 2.41. The van der Waals surface area contributed by atoms with Crippen molar-refractivity contribution in [2.75, 3.05) is 36.4 Å². The number of carbonyl (C=O) groups is 3. The Morgan fingerprint density at radius 3 is 2.44 bits per heavy atom. The Morgan fingerprint density at radius 1 is 1.00 bits per heavy atom. The van der Waals surface area contributed by atoms with Gasteiger partial charge in [-0.3, -0.25) is 14.4 Å². The van der Waals surface area contributed by atoms with E-state index in [4.69, 9.17) is 0 Å². The number of nitrogens with zero attached hydrogens (tertiary/aromatic N) is 2. The Morgan fingerprint density at radius 2 is 1.75 bits per heavy atom. The van der Waals surface area contributed by atoms with E-state index in [1.165, 1.54) is 0 Å². The topological polar surface area (TPSA) is 116 Å². The summed E-state index contributed by atoms with van der Waals surface area (Å²) in [5.74, 6) is -1.28. The van der Waals surface area contributed by atoms with Gasteiger partial charge in [0, 0.05) is 44.0 Å². The minimum Gasteiger partial charge on any atom is -0.348 e. The summed E-state index contributed by atoms with van der Waals surface area (Å²) >= 11 is 0. The molecular weight excluding hydrogens is 432 g/mol. The van der Waals surface area contributed by atoms with E-state index in [1.54, 1.807) is 27.4 Å². The molecule has 0 spiro atoms. The molecule has 0 bridgehead atoms. The monoisotopic (exact) mass is 462 g/mol. The first-order valence-electron chi connectivity index (χ1n) is 11.3. The molecule has 1 aromatic carbocycles. The molecule has 3 fully saturated rings. The number of anilines is 2. The van der Waals surface area contributed by atoms with E-state index in [2.05, 4.69) is 10.6 Å². The molecule has 2 saturated heterocycles. The molecule has 0 atom stereocenters. The number of rotatable bonds is 6. The molecule has 0 aromatic heterocycles. The Balaban J connectivity index is 1.24. The van der Waals surface area contributed by atoms with Gasteiger partial charge < -0.3 is 15.5 Å². The smallest absolute Gasteiger partial charge is 0.313 e. The van der Waals surface area contributed by atoms with Crippen LogP contribution in [0.1, 0.15) is 44.9 Å². The highest BCUT2D eigenvalue weighted by atomic mass is 32.2. The lowest BCUT2D eigenvalue weighted by Gasteiger charge is -2.31. The van der Waals surface area contributed by atoms with Gasteiger partial charge in [-0.2, -0.15) is 0 Å². The van der Waals surface area contributed by atoms with Crippen LogP contribution in [0.15, 0.2) is 24.3 Å². The van der Waals surface area contributed by atoms with E-state index in [1.807, 2.05) is 6.07 Å². The molecule has 2 heterocycles. The molecule has 32 heavy (non-hydrogen) atoms.